The summed E-state index contributed by atoms with van der Waals surface area (Å²) in [5.74, 6) is 2.21. The summed E-state index contributed by atoms with van der Waals surface area (Å²) in [6.07, 6.45) is 0.0249. The van der Waals surface area contributed by atoms with Gasteiger partial charge in [-0.25, -0.2) is 5.01 Å². The van der Waals surface area contributed by atoms with Gasteiger partial charge in [0.2, 0.25) is 6.23 Å². The van der Waals surface area contributed by atoms with Crippen LogP contribution in [-0.4, -0.2) is 15.6 Å². The first-order valence-corrected chi connectivity index (χ1v) is 9.50. The molecule has 2 aliphatic rings. The summed E-state index contributed by atoms with van der Waals surface area (Å²) >= 11 is 6.23. The fourth-order valence-electron chi connectivity index (χ4n) is 3.81. The number of non-ortho nitro benzene ring substituents is 1. The maximum atomic E-state index is 11.2. The van der Waals surface area contributed by atoms with Crippen LogP contribution in [0, 0.1) is 17.0 Å². The Labute approximate surface area is 171 Å². The van der Waals surface area contributed by atoms with Crippen LogP contribution in [0.4, 0.5) is 5.69 Å². The van der Waals surface area contributed by atoms with Gasteiger partial charge in [-0.15, -0.1) is 0 Å². The molecule has 1 aromatic heterocycles. The quantitative estimate of drug-likeness (QED) is 0.427. The standard InChI is InChI=1S/C21H16ClN3O4/c1-12-5-7-20(28-12)17-11-18-16-10-14(22)6-8-19(16)29-21(24(18)23-17)13-3-2-4-15(9-13)25(26)27/h2-10,18,21H,11H2,1H3/t18-,21-/m0/s1. The van der Waals surface area contributed by atoms with Crippen LogP contribution in [0.3, 0.4) is 0 Å². The third-order valence-electron chi connectivity index (χ3n) is 5.14. The summed E-state index contributed by atoms with van der Waals surface area (Å²) in [5, 5.41) is 18.5. The van der Waals surface area contributed by atoms with E-state index in [0.29, 0.717) is 28.5 Å². The van der Waals surface area contributed by atoms with Crippen molar-refractivity contribution < 1.29 is 14.1 Å². The molecule has 2 aliphatic heterocycles. The second-order valence-electron chi connectivity index (χ2n) is 7.06. The van der Waals surface area contributed by atoms with Crippen LogP contribution < -0.4 is 4.74 Å². The summed E-state index contributed by atoms with van der Waals surface area (Å²) in [5.41, 5.74) is 2.40. The number of hydrogen-bond acceptors (Lipinski definition) is 6. The van der Waals surface area contributed by atoms with Gasteiger partial charge >= 0.3 is 0 Å². The molecule has 146 valence electrons. The van der Waals surface area contributed by atoms with E-state index in [9.17, 15) is 10.1 Å². The van der Waals surface area contributed by atoms with E-state index >= 15 is 0 Å². The predicted octanol–water partition coefficient (Wildman–Crippen LogP) is 5.39. The number of nitrogens with zero attached hydrogens (tertiary/aromatic N) is 3. The minimum atomic E-state index is -0.595. The zero-order valence-electron chi connectivity index (χ0n) is 15.4. The highest BCUT2D eigenvalue weighted by Crippen LogP contribution is 2.48. The van der Waals surface area contributed by atoms with Crippen molar-refractivity contribution >= 4 is 23.0 Å². The van der Waals surface area contributed by atoms with Crippen molar-refractivity contribution in [1.82, 2.24) is 5.01 Å². The van der Waals surface area contributed by atoms with Crippen LogP contribution >= 0.6 is 11.6 Å². The summed E-state index contributed by atoms with van der Waals surface area (Å²) in [6.45, 7) is 1.89. The molecule has 0 spiro atoms. The highest BCUT2D eigenvalue weighted by Gasteiger charge is 2.42. The fraction of sp³-hybridized carbons (Fsp3) is 0.190. The van der Waals surface area contributed by atoms with Gasteiger partial charge in [-0.1, -0.05) is 23.7 Å². The zero-order chi connectivity index (χ0) is 20.1. The highest BCUT2D eigenvalue weighted by molar-refractivity contribution is 6.30. The average Bonchev–Trinajstić information content (AvgIpc) is 3.34. The van der Waals surface area contributed by atoms with E-state index in [1.165, 1.54) is 12.1 Å². The van der Waals surface area contributed by atoms with Crippen LogP contribution in [0.2, 0.25) is 5.02 Å². The number of benzene rings is 2. The van der Waals surface area contributed by atoms with Crippen molar-refractivity contribution in [2.45, 2.75) is 25.6 Å². The Morgan fingerprint density at radius 1 is 1.21 bits per heavy atom. The van der Waals surface area contributed by atoms with E-state index in [4.69, 9.17) is 25.9 Å². The van der Waals surface area contributed by atoms with Gasteiger partial charge in [0.05, 0.1) is 11.0 Å². The van der Waals surface area contributed by atoms with E-state index in [0.717, 1.165) is 17.0 Å². The Kier molecular flexibility index (Phi) is 4.06. The lowest BCUT2D eigenvalue weighted by Crippen LogP contribution is -2.33. The van der Waals surface area contributed by atoms with Crippen molar-refractivity contribution in [2.75, 3.05) is 0 Å². The number of fused-ring (bicyclic) bond motifs is 3. The molecule has 0 bridgehead atoms. The summed E-state index contributed by atoms with van der Waals surface area (Å²) in [7, 11) is 0. The zero-order valence-corrected chi connectivity index (χ0v) is 16.2. The minimum absolute atomic E-state index is 0.00890. The normalized spacial score (nSPS) is 19.9. The molecule has 7 nitrogen and oxygen atoms in total. The molecule has 0 N–H and O–H groups in total. The molecule has 0 unspecified atom stereocenters. The van der Waals surface area contributed by atoms with E-state index in [1.54, 1.807) is 18.2 Å². The van der Waals surface area contributed by atoms with Crippen LogP contribution in [0.1, 0.15) is 41.3 Å². The summed E-state index contributed by atoms with van der Waals surface area (Å²) < 4.78 is 12.0. The van der Waals surface area contributed by atoms with Crippen LogP contribution in [0.15, 0.2) is 64.1 Å². The smallest absolute Gasteiger partial charge is 0.269 e. The molecule has 0 radical (unpaired) electrons. The van der Waals surface area contributed by atoms with Gasteiger partial charge in [0.1, 0.15) is 23.0 Å². The summed E-state index contributed by atoms with van der Waals surface area (Å²) in [6, 6.07) is 15.6. The number of hydrogen-bond donors (Lipinski definition) is 0. The number of nitro groups is 1. The Hall–Kier alpha value is -3.32. The second kappa shape index (κ2) is 6.63. The van der Waals surface area contributed by atoms with Gasteiger partial charge in [0.25, 0.3) is 5.69 Å². The Morgan fingerprint density at radius 2 is 2.07 bits per heavy atom. The predicted molar refractivity (Wildman–Crippen MR) is 107 cm³/mol. The summed E-state index contributed by atoms with van der Waals surface area (Å²) in [4.78, 5) is 10.8. The maximum Gasteiger partial charge on any atom is 0.269 e. The highest BCUT2D eigenvalue weighted by atomic mass is 35.5. The first kappa shape index (κ1) is 17.8. The number of furan rings is 1. The van der Waals surface area contributed by atoms with Gasteiger partial charge < -0.3 is 9.15 Å². The van der Waals surface area contributed by atoms with Gasteiger partial charge in [0, 0.05) is 34.7 Å². The van der Waals surface area contributed by atoms with Crippen molar-refractivity contribution in [3.8, 4) is 5.75 Å². The largest absolute Gasteiger partial charge is 0.464 e. The Morgan fingerprint density at radius 3 is 2.83 bits per heavy atom. The number of halogens is 1. The van der Waals surface area contributed by atoms with Gasteiger partial charge in [-0.2, -0.15) is 5.10 Å². The third-order valence-corrected chi connectivity index (χ3v) is 5.38. The Bertz CT molecular complexity index is 1160. The second-order valence-corrected chi connectivity index (χ2v) is 7.50. The number of aryl methyl sites for hydroxylation is 1. The molecule has 2 aromatic carbocycles. The average molecular weight is 410 g/mol. The first-order chi connectivity index (χ1) is 14.0. The van der Waals surface area contributed by atoms with E-state index in [-0.39, 0.29) is 11.7 Å². The number of rotatable bonds is 3. The van der Waals surface area contributed by atoms with Crippen LogP contribution in [0.5, 0.6) is 5.75 Å². The topological polar surface area (TPSA) is 81.1 Å². The monoisotopic (exact) mass is 409 g/mol. The van der Waals surface area contributed by atoms with Gasteiger partial charge in [-0.3, -0.25) is 10.1 Å². The Balaban J connectivity index is 1.61. The van der Waals surface area contributed by atoms with Crippen molar-refractivity contribution in [3.63, 3.8) is 0 Å². The molecular formula is C21H16ClN3O4. The molecule has 3 aromatic rings. The first-order valence-electron chi connectivity index (χ1n) is 9.13. The molecule has 0 aliphatic carbocycles. The third kappa shape index (κ3) is 3.03. The fourth-order valence-corrected chi connectivity index (χ4v) is 3.99. The minimum Gasteiger partial charge on any atom is -0.464 e. The lowest BCUT2D eigenvalue weighted by Gasteiger charge is -2.38. The molecule has 2 atom stereocenters. The number of nitro benzene ring substituents is 1. The van der Waals surface area contributed by atoms with Gasteiger partial charge in [0.15, 0.2) is 0 Å². The maximum absolute atomic E-state index is 11.2. The number of ether oxygens (including phenoxy) is 1. The van der Waals surface area contributed by atoms with Gasteiger partial charge in [-0.05, 0) is 37.3 Å². The van der Waals surface area contributed by atoms with Crippen molar-refractivity contribution in [2.24, 2.45) is 5.10 Å². The molecule has 0 amide bonds. The molecule has 29 heavy (non-hydrogen) atoms. The molecule has 0 fully saturated rings. The molecule has 0 saturated carbocycles. The molecule has 3 heterocycles. The lowest BCUT2D eigenvalue weighted by molar-refractivity contribution is -0.385. The molecule has 5 rings (SSSR count). The van der Waals surface area contributed by atoms with Crippen LogP contribution in [-0.2, 0) is 0 Å². The number of hydrazone groups is 1. The van der Waals surface area contributed by atoms with E-state index < -0.39 is 11.2 Å². The SMILES string of the molecule is Cc1ccc(C2=NN3[C@@H](C2)c2cc(Cl)ccc2O[C@H]3c2cccc([N+](=O)[O-])c2)o1. The molecule has 0 saturated heterocycles. The molecule has 8 heteroatoms. The molecular weight excluding hydrogens is 394 g/mol. The van der Waals surface area contributed by atoms with E-state index in [2.05, 4.69) is 0 Å². The van der Waals surface area contributed by atoms with Crippen LogP contribution in [0.25, 0.3) is 0 Å². The van der Waals surface area contributed by atoms with Crippen molar-refractivity contribution in [3.05, 3.63) is 92.4 Å². The van der Waals surface area contributed by atoms with E-state index in [1.807, 2.05) is 36.2 Å². The lowest BCUT2D eigenvalue weighted by atomic mass is 9.97. The van der Waals surface area contributed by atoms with Crippen molar-refractivity contribution in [1.29, 1.82) is 0 Å².